The number of rotatable bonds is 1. The lowest BCUT2D eigenvalue weighted by Crippen LogP contribution is -1.95. The predicted octanol–water partition coefficient (Wildman–Crippen LogP) is 2.16. The lowest BCUT2D eigenvalue weighted by molar-refractivity contribution is 0.951. The lowest BCUT2D eigenvalue weighted by atomic mass is 10.2. The summed E-state index contributed by atoms with van der Waals surface area (Å²) in [6.07, 6.45) is 1.82. The van der Waals surface area contributed by atoms with Gasteiger partial charge in [0.1, 0.15) is 5.52 Å². The number of nitrogens with one attached hydrogen (secondary N) is 1. The van der Waals surface area contributed by atoms with Gasteiger partial charge in [-0.3, -0.25) is 0 Å². The van der Waals surface area contributed by atoms with Crippen LogP contribution in [-0.2, 0) is 7.05 Å². The highest BCUT2D eigenvalue weighted by Crippen LogP contribution is 2.27. The Morgan fingerprint density at radius 3 is 2.88 bits per heavy atom. The minimum Gasteiger partial charge on any atom is -0.371 e. The molecule has 2 aromatic heterocycles. The van der Waals surface area contributed by atoms with Gasteiger partial charge in [0.25, 0.3) is 0 Å². The lowest BCUT2D eigenvalue weighted by Gasteiger charge is -2.05. The normalized spacial score (nSPS) is 11.1. The molecule has 0 spiro atoms. The molecule has 16 heavy (non-hydrogen) atoms. The average molecular weight is 212 g/mol. The predicted molar refractivity (Wildman–Crippen MR) is 65.6 cm³/mol. The molecule has 0 saturated carbocycles. The first-order valence-corrected chi connectivity index (χ1v) is 5.19. The number of aromatic nitrogens is 3. The van der Waals surface area contributed by atoms with Gasteiger partial charge in [-0.15, -0.1) is 0 Å². The molecule has 0 fully saturated rings. The maximum atomic E-state index is 4.55. The van der Waals surface area contributed by atoms with Crippen molar-refractivity contribution in [3.63, 3.8) is 0 Å². The zero-order valence-corrected chi connectivity index (χ0v) is 9.23. The van der Waals surface area contributed by atoms with E-state index in [4.69, 9.17) is 0 Å². The maximum Gasteiger partial charge on any atom is 0.154 e. The van der Waals surface area contributed by atoms with Crippen molar-refractivity contribution in [1.82, 2.24) is 14.5 Å². The van der Waals surface area contributed by atoms with E-state index in [-0.39, 0.29) is 0 Å². The minimum atomic E-state index is 0.828. The molecule has 0 atom stereocenters. The van der Waals surface area contributed by atoms with Crippen LogP contribution in [-0.4, -0.2) is 21.6 Å². The quantitative estimate of drug-likeness (QED) is 0.672. The molecular weight excluding hydrogens is 200 g/mol. The summed E-state index contributed by atoms with van der Waals surface area (Å²) in [4.78, 5) is 8.93. The van der Waals surface area contributed by atoms with Gasteiger partial charge < -0.3 is 9.88 Å². The monoisotopic (exact) mass is 212 g/mol. The van der Waals surface area contributed by atoms with Crippen LogP contribution in [0.2, 0.25) is 0 Å². The molecule has 80 valence electrons. The van der Waals surface area contributed by atoms with Crippen molar-refractivity contribution >= 4 is 27.8 Å². The molecule has 0 unspecified atom stereocenters. The Hall–Kier alpha value is -2.10. The van der Waals surface area contributed by atoms with E-state index >= 15 is 0 Å². The zero-order valence-electron chi connectivity index (χ0n) is 9.23. The van der Waals surface area contributed by atoms with E-state index in [9.17, 15) is 0 Å². The number of nitrogens with zero attached hydrogens (tertiary/aromatic N) is 3. The van der Waals surface area contributed by atoms with Crippen molar-refractivity contribution in [2.45, 2.75) is 0 Å². The number of para-hydroxylation sites is 1. The van der Waals surface area contributed by atoms with Crippen LogP contribution in [0.5, 0.6) is 0 Å². The molecule has 3 rings (SSSR count). The van der Waals surface area contributed by atoms with E-state index < -0.39 is 0 Å². The fourth-order valence-corrected chi connectivity index (χ4v) is 2.04. The van der Waals surface area contributed by atoms with Gasteiger partial charge in [-0.05, 0) is 6.07 Å². The van der Waals surface area contributed by atoms with Gasteiger partial charge in [-0.25, -0.2) is 9.97 Å². The van der Waals surface area contributed by atoms with Crippen LogP contribution in [0.25, 0.3) is 21.9 Å². The second-order valence-corrected chi connectivity index (χ2v) is 3.78. The van der Waals surface area contributed by atoms with Crippen molar-refractivity contribution in [1.29, 1.82) is 0 Å². The van der Waals surface area contributed by atoms with Crippen molar-refractivity contribution in [2.24, 2.45) is 7.05 Å². The molecule has 3 aromatic rings. The first-order valence-electron chi connectivity index (χ1n) is 5.19. The van der Waals surface area contributed by atoms with Gasteiger partial charge in [0, 0.05) is 19.5 Å². The fourth-order valence-electron chi connectivity index (χ4n) is 2.04. The van der Waals surface area contributed by atoms with Crippen LogP contribution in [0.4, 0.5) is 5.82 Å². The Labute approximate surface area is 92.9 Å². The highest BCUT2D eigenvalue weighted by molar-refractivity contribution is 6.06. The van der Waals surface area contributed by atoms with E-state index in [1.807, 2.05) is 43.2 Å². The topological polar surface area (TPSA) is 42.7 Å². The van der Waals surface area contributed by atoms with E-state index in [1.165, 1.54) is 0 Å². The van der Waals surface area contributed by atoms with Crippen LogP contribution in [0.15, 0.2) is 30.6 Å². The fraction of sp³-hybridized carbons (Fsp3) is 0.167. The summed E-state index contributed by atoms with van der Waals surface area (Å²) in [5.41, 5.74) is 3.03. The third-order valence-electron chi connectivity index (χ3n) is 2.79. The first kappa shape index (κ1) is 9.15. The minimum absolute atomic E-state index is 0.828. The zero-order chi connectivity index (χ0) is 11.1. The van der Waals surface area contributed by atoms with Gasteiger partial charge >= 0.3 is 0 Å². The van der Waals surface area contributed by atoms with Crippen LogP contribution in [0, 0.1) is 0 Å². The summed E-state index contributed by atoms with van der Waals surface area (Å²) < 4.78 is 2.03. The van der Waals surface area contributed by atoms with Crippen molar-refractivity contribution in [3.05, 3.63) is 30.6 Å². The van der Waals surface area contributed by atoms with E-state index in [1.54, 1.807) is 0 Å². The third kappa shape index (κ3) is 1.10. The smallest absolute Gasteiger partial charge is 0.154 e. The molecule has 1 N–H and O–H groups in total. The van der Waals surface area contributed by atoms with Gasteiger partial charge in [-0.2, -0.15) is 0 Å². The highest BCUT2D eigenvalue weighted by atomic mass is 15.1. The number of hydrogen-bond acceptors (Lipinski definition) is 3. The Morgan fingerprint density at radius 1 is 1.25 bits per heavy atom. The number of anilines is 1. The summed E-state index contributed by atoms with van der Waals surface area (Å²) >= 11 is 0. The Kier molecular flexibility index (Phi) is 1.83. The molecule has 4 heteroatoms. The summed E-state index contributed by atoms with van der Waals surface area (Å²) in [5.74, 6) is 0.828. The largest absolute Gasteiger partial charge is 0.371 e. The number of fused-ring (bicyclic) bond motifs is 3. The average Bonchev–Trinajstić information content (AvgIpc) is 2.71. The molecule has 0 radical (unpaired) electrons. The Morgan fingerprint density at radius 2 is 2.06 bits per heavy atom. The molecule has 0 amide bonds. The van der Waals surface area contributed by atoms with Crippen molar-refractivity contribution < 1.29 is 0 Å². The molecule has 0 aliphatic heterocycles. The van der Waals surface area contributed by atoms with Crippen LogP contribution < -0.4 is 5.32 Å². The number of imidazole rings is 1. The third-order valence-corrected chi connectivity index (χ3v) is 2.79. The van der Waals surface area contributed by atoms with Crippen molar-refractivity contribution in [3.8, 4) is 0 Å². The molecule has 0 saturated heterocycles. The van der Waals surface area contributed by atoms with Crippen molar-refractivity contribution in [2.75, 3.05) is 12.4 Å². The first-order chi connectivity index (χ1) is 7.81. The van der Waals surface area contributed by atoms with E-state index in [2.05, 4.69) is 21.4 Å². The van der Waals surface area contributed by atoms with Gasteiger partial charge in [0.15, 0.2) is 5.82 Å². The van der Waals surface area contributed by atoms with E-state index in [0.29, 0.717) is 0 Å². The van der Waals surface area contributed by atoms with Crippen LogP contribution >= 0.6 is 0 Å². The summed E-state index contributed by atoms with van der Waals surface area (Å²) in [6.45, 7) is 0. The SMILES string of the molecule is CNc1nc2ccccc2c2c1ncn2C. The molecular formula is C12H12N4. The molecule has 2 heterocycles. The van der Waals surface area contributed by atoms with Crippen LogP contribution in [0.1, 0.15) is 0 Å². The number of benzene rings is 1. The summed E-state index contributed by atoms with van der Waals surface area (Å²) in [7, 11) is 3.87. The Bertz CT molecular complexity index is 669. The van der Waals surface area contributed by atoms with E-state index in [0.717, 1.165) is 27.8 Å². The maximum absolute atomic E-state index is 4.55. The Balaban J connectivity index is 2.60. The van der Waals surface area contributed by atoms with Crippen LogP contribution in [0.3, 0.4) is 0 Å². The summed E-state index contributed by atoms with van der Waals surface area (Å²) in [6, 6.07) is 8.11. The second kappa shape index (κ2) is 3.20. The number of hydrogen-bond donors (Lipinski definition) is 1. The molecule has 4 nitrogen and oxygen atoms in total. The summed E-state index contributed by atoms with van der Waals surface area (Å²) in [5, 5.41) is 4.22. The molecule has 0 bridgehead atoms. The number of pyridine rings is 1. The highest BCUT2D eigenvalue weighted by Gasteiger charge is 2.10. The molecule has 1 aromatic carbocycles. The van der Waals surface area contributed by atoms with Gasteiger partial charge in [0.05, 0.1) is 17.4 Å². The standard InChI is InChI=1S/C12H12N4/c1-13-12-10-11(16(2)7-14-10)8-5-3-4-6-9(8)15-12/h3-7H,1-2H3,(H,13,15). The van der Waals surface area contributed by atoms with Gasteiger partial charge in [0.2, 0.25) is 0 Å². The number of aryl methyl sites for hydroxylation is 1. The molecule has 0 aliphatic carbocycles. The molecule has 0 aliphatic rings. The van der Waals surface area contributed by atoms with Gasteiger partial charge in [-0.1, -0.05) is 18.2 Å². The second-order valence-electron chi connectivity index (χ2n) is 3.78.